The van der Waals surface area contributed by atoms with Crippen molar-refractivity contribution < 1.29 is 9.59 Å². The van der Waals surface area contributed by atoms with Crippen LogP contribution in [0, 0.1) is 33.1 Å². The number of carbonyl (C=O) groups is 2. The average molecular weight is 380 g/mol. The molecule has 1 heterocycles. The van der Waals surface area contributed by atoms with Crippen LogP contribution < -0.4 is 16.0 Å². The van der Waals surface area contributed by atoms with Gasteiger partial charge in [0.05, 0.1) is 5.41 Å². The predicted molar refractivity (Wildman–Crippen MR) is 114 cm³/mol. The molecule has 3 N–H and O–H groups in total. The second kappa shape index (κ2) is 8.15. The fourth-order valence-corrected chi connectivity index (χ4v) is 3.83. The fraction of sp³-hybridized carbons (Fsp3) is 0.391. The van der Waals surface area contributed by atoms with E-state index in [4.69, 9.17) is 0 Å². The number of hydrogen-bond acceptors (Lipinski definition) is 3. The molecule has 2 amide bonds. The molecule has 148 valence electrons. The Morgan fingerprint density at radius 1 is 0.929 bits per heavy atom. The van der Waals surface area contributed by atoms with Crippen LogP contribution in [0.4, 0.5) is 11.4 Å². The smallest absolute Gasteiger partial charge is 0.232 e. The van der Waals surface area contributed by atoms with Crippen LogP contribution >= 0.6 is 0 Å². The zero-order chi connectivity index (χ0) is 20.3. The Bertz CT molecular complexity index is 899. The molecule has 0 spiro atoms. The van der Waals surface area contributed by atoms with Gasteiger partial charge in [-0.15, -0.1) is 0 Å². The molecular formula is C23H29N3O2. The molecule has 1 unspecified atom stereocenters. The lowest BCUT2D eigenvalue weighted by Gasteiger charge is -2.27. The van der Waals surface area contributed by atoms with Crippen molar-refractivity contribution in [3.63, 3.8) is 0 Å². The molecule has 0 bridgehead atoms. The summed E-state index contributed by atoms with van der Waals surface area (Å²) in [7, 11) is 0. The average Bonchev–Trinajstić information content (AvgIpc) is 3.09. The second-order valence-electron chi connectivity index (χ2n) is 8.02. The summed E-state index contributed by atoms with van der Waals surface area (Å²) in [6.45, 7) is 9.24. The van der Waals surface area contributed by atoms with Gasteiger partial charge in [-0.2, -0.15) is 0 Å². The lowest BCUT2D eigenvalue weighted by Crippen LogP contribution is -2.41. The van der Waals surface area contributed by atoms with E-state index in [9.17, 15) is 9.59 Å². The highest BCUT2D eigenvalue weighted by atomic mass is 16.2. The maximum atomic E-state index is 13.1. The van der Waals surface area contributed by atoms with Crippen molar-refractivity contribution in [2.45, 2.75) is 40.5 Å². The topological polar surface area (TPSA) is 70.2 Å². The number of hydrogen-bond donors (Lipinski definition) is 3. The van der Waals surface area contributed by atoms with Gasteiger partial charge in [0.25, 0.3) is 0 Å². The summed E-state index contributed by atoms with van der Waals surface area (Å²) in [5.74, 6) is -0.230. The molecule has 0 saturated carbocycles. The van der Waals surface area contributed by atoms with Gasteiger partial charge in [0.2, 0.25) is 11.8 Å². The molecule has 28 heavy (non-hydrogen) atoms. The van der Waals surface area contributed by atoms with Gasteiger partial charge < -0.3 is 16.0 Å². The minimum absolute atomic E-state index is 0.0970. The first-order valence-corrected chi connectivity index (χ1v) is 9.76. The number of amides is 2. The van der Waals surface area contributed by atoms with Gasteiger partial charge in [-0.3, -0.25) is 9.59 Å². The highest BCUT2D eigenvalue weighted by molar-refractivity contribution is 6.01. The van der Waals surface area contributed by atoms with E-state index in [-0.39, 0.29) is 18.2 Å². The lowest BCUT2D eigenvalue weighted by molar-refractivity contribution is -0.129. The van der Waals surface area contributed by atoms with E-state index < -0.39 is 5.41 Å². The number of aryl methyl sites for hydroxylation is 4. The van der Waals surface area contributed by atoms with Gasteiger partial charge >= 0.3 is 0 Å². The normalized spacial score (nSPS) is 18.7. The van der Waals surface area contributed by atoms with E-state index in [1.54, 1.807) is 0 Å². The van der Waals surface area contributed by atoms with Crippen molar-refractivity contribution >= 4 is 23.2 Å². The van der Waals surface area contributed by atoms with E-state index in [2.05, 4.69) is 16.0 Å². The number of benzene rings is 2. The molecular weight excluding hydrogens is 350 g/mol. The van der Waals surface area contributed by atoms with Gasteiger partial charge in [-0.25, -0.2) is 0 Å². The van der Waals surface area contributed by atoms with Gasteiger partial charge in [-0.1, -0.05) is 35.4 Å². The molecule has 5 heteroatoms. The molecule has 0 aromatic heterocycles. The summed E-state index contributed by atoms with van der Waals surface area (Å²) in [6.07, 6.45) is 0.800. The highest BCUT2D eigenvalue weighted by Gasteiger charge is 2.43. The molecule has 1 aliphatic heterocycles. The Hall–Kier alpha value is -2.66. The Morgan fingerprint density at radius 2 is 1.50 bits per heavy atom. The summed E-state index contributed by atoms with van der Waals surface area (Å²) < 4.78 is 0. The molecule has 1 aliphatic rings. The highest BCUT2D eigenvalue weighted by Crippen LogP contribution is 2.33. The van der Waals surface area contributed by atoms with Crippen molar-refractivity contribution in [1.29, 1.82) is 0 Å². The monoisotopic (exact) mass is 379 g/mol. The molecule has 2 aromatic rings. The molecule has 3 rings (SSSR count). The molecule has 0 aliphatic carbocycles. The second-order valence-corrected chi connectivity index (χ2v) is 8.02. The van der Waals surface area contributed by atoms with E-state index in [0.717, 1.165) is 40.2 Å². The minimum Gasteiger partial charge on any atom is -0.326 e. The molecule has 1 fully saturated rings. The van der Waals surface area contributed by atoms with Crippen LogP contribution in [0.2, 0.25) is 0 Å². The summed E-state index contributed by atoms with van der Waals surface area (Å²) >= 11 is 0. The first kappa shape index (κ1) is 20.1. The standard InChI is InChI=1S/C23H29N3O2/c1-15-5-7-19(17(3)11-15)25-21(27)13-23(9-10-24-14-23)22(28)26-20-8-6-16(2)12-18(20)4/h5-8,11-12,24H,9-10,13-14H2,1-4H3,(H,25,27)(H,26,28). The third-order valence-electron chi connectivity index (χ3n) is 5.51. The summed E-state index contributed by atoms with van der Waals surface area (Å²) in [4.78, 5) is 25.9. The van der Waals surface area contributed by atoms with Crippen LogP contribution in [0.5, 0.6) is 0 Å². The van der Waals surface area contributed by atoms with Crippen molar-refractivity contribution in [3.05, 3.63) is 58.7 Å². The lowest BCUT2D eigenvalue weighted by atomic mass is 9.82. The number of carbonyl (C=O) groups excluding carboxylic acids is 2. The Balaban J connectivity index is 1.74. The van der Waals surface area contributed by atoms with E-state index in [1.165, 1.54) is 0 Å². The van der Waals surface area contributed by atoms with Crippen molar-refractivity contribution in [3.8, 4) is 0 Å². The van der Waals surface area contributed by atoms with E-state index in [1.807, 2.05) is 64.1 Å². The number of nitrogens with one attached hydrogen (secondary N) is 3. The van der Waals surface area contributed by atoms with Crippen LogP contribution in [-0.4, -0.2) is 24.9 Å². The quantitative estimate of drug-likeness (QED) is 0.739. The van der Waals surface area contributed by atoms with Crippen LogP contribution in [0.3, 0.4) is 0 Å². The fourth-order valence-electron chi connectivity index (χ4n) is 3.83. The Morgan fingerprint density at radius 3 is 2.00 bits per heavy atom. The minimum atomic E-state index is -0.736. The predicted octanol–water partition coefficient (Wildman–Crippen LogP) is 3.87. The Labute approximate surface area is 166 Å². The molecule has 2 aromatic carbocycles. The van der Waals surface area contributed by atoms with Crippen LogP contribution in [-0.2, 0) is 9.59 Å². The summed E-state index contributed by atoms with van der Waals surface area (Å²) in [6, 6.07) is 11.9. The maximum absolute atomic E-state index is 13.1. The van der Waals surface area contributed by atoms with Gasteiger partial charge in [-0.05, 0) is 63.9 Å². The third kappa shape index (κ3) is 4.42. The van der Waals surface area contributed by atoms with Crippen LogP contribution in [0.1, 0.15) is 35.1 Å². The SMILES string of the molecule is Cc1ccc(NC(=O)CC2(C(=O)Nc3ccc(C)cc3C)CCNC2)c(C)c1. The van der Waals surface area contributed by atoms with Gasteiger partial charge in [0, 0.05) is 24.3 Å². The van der Waals surface area contributed by atoms with Crippen molar-refractivity contribution in [2.75, 3.05) is 23.7 Å². The molecule has 1 saturated heterocycles. The zero-order valence-electron chi connectivity index (χ0n) is 17.1. The molecule has 5 nitrogen and oxygen atoms in total. The Kier molecular flexibility index (Phi) is 5.84. The molecule has 1 atom stereocenters. The number of rotatable bonds is 5. The summed E-state index contributed by atoms with van der Waals surface area (Å²) in [5.41, 5.74) is 5.21. The van der Waals surface area contributed by atoms with Crippen molar-refractivity contribution in [2.24, 2.45) is 5.41 Å². The largest absolute Gasteiger partial charge is 0.326 e. The van der Waals surface area contributed by atoms with Gasteiger partial charge in [0.1, 0.15) is 0 Å². The van der Waals surface area contributed by atoms with E-state index >= 15 is 0 Å². The number of anilines is 2. The van der Waals surface area contributed by atoms with E-state index in [0.29, 0.717) is 13.0 Å². The van der Waals surface area contributed by atoms with Gasteiger partial charge in [0.15, 0.2) is 0 Å². The third-order valence-corrected chi connectivity index (χ3v) is 5.51. The van der Waals surface area contributed by atoms with Crippen LogP contribution in [0.15, 0.2) is 36.4 Å². The van der Waals surface area contributed by atoms with Crippen molar-refractivity contribution in [1.82, 2.24) is 5.32 Å². The summed E-state index contributed by atoms with van der Waals surface area (Å²) in [5, 5.41) is 9.28. The zero-order valence-corrected chi connectivity index (χ0v) is 17.1. The van der Waals surface area contributed by atoms with Crippen LogP contribution in [0.25, 0.3) is 0 Å². The maximum Gasteiger partial charge on any atom is 0.232 e. The molecule has 0 radical (unpaired) electrons. The first-order valence-electron chi connectivity index (χ1n) is 9.76. The first-order chi connectivity index (χ1) is 13.3.